The van der Waals surface area contributed by atoms with E-state index in [1.54, 1.807) is 0 Å². The Balaban J connectivity index is 1.99. The van der Waals surface area contributed by atoms with Crippen LogP contribution in [0, 0.1) is 6.92 Å². The van der Waals surface area contributed by atoms with Gasteiger partial charge in [0.2, 0.25) is 5.78 Å². The SMILES string of the molecule is Cc1ccc(CC(=O)C(=O)N2CCC[C@H]2CC(=O)O)cc1. The van der Waals surface area contributed by atoms with Gasteiger partial charge < -0.3 is 10.0 Å². The van der Waals surface area contributed by atoms with E-state index in [9.17, 15) is 14.4 Å². The van der Waals surface area contributed by atoms with Crippen molar-refractivity contribution in [3.05, 3.63) is 35.4 Å². The zero-order valence-electron chi connectivity index (χ0n) is 12.0. The molecule has 0 spiro atoms. The fourth-order valence-corrected chi connectivity index (χ4v) is 2.64. The molecule has 2 rings (SSSR count). The Labute approximate surface area is 123 Å². The van der Waals surface area contributed by atoms with Crippen molar-refractivity contribution in [3.63, 3.8) is 0 Å². The number of aryl methyl sites for hydroxylation is 1. The van der Waals surface area contributed by atoms with Crippen molar-refractivity contribution in [3.8, 4) is 0 Å². The molecule has 1 N–H and O–H groups in total. The van der Waals surface area contributed by atoms with Crippen molar-refractivity contribution in [1.29, 1.82) is 0 Å². The molecule has 1 heterocycles. The highest BCUT2D eigenvalue weighted by Crippen LogP contribution is 2.20. The van der Waals surface area contributed by atoms with Gasteiger partial charge in [-0.1, -0.05) is 29.8 Å². The first-order chi connectivity index (χ1) is 9.97. The van der Waals surface area contributed by atoms with Crippen LogP contribution in [0.4, 0.5) is 0 Å². The van der Waals surface area contributed by atoms with Gasteiger partial charge in [0, 0.05) is 19.0 Å². The largest absolute Gasteiger partial charge is 0.481 e. The molecule has 1 amide bonds. The molecule has 1 saturated heterocycles. The summed E-state index contributed by atoms with van der Waals surface area (Å²) in [7, 11) is 0. The number of carboxylic acid groups (broad SMARTS) is 1. The second kappa shape index (κ2) is 6.52. The third-order valence-corrected chi connectivity index (χ3v) is 3.77. The summed E-state index contributed by atoms with van der Waals surface area (Å²) in [6.45, 7) is 2.42. The van der Waals surface area contributed by atoms with Crippen LogP contribution in [0.25, 0.3) is 0 Å². The van der Waals surface area contributed by atoms with Crippen LogP contribution in [0.3, 0.4) is 0 Å². The monoisotopic (exact) mass is 289 g/mol. The van der Waals surface area contributed by atoms with E-state index in [2.05, 4.69) is 0 Å². The van der Waals surface area contributed by atoms with Crippen molar-refractivity contribution >= 4 is 17.7 Å². The smallest absolute Gasteiger partial charge is 0.305 e. The molecule has 0 bridgehead atoms. The van der Waals surface area contributed by atoms with E-state index in [1.165, 1.54) is 4.90 Å². The van der Waals surface area contributed by atoms with Gasteiger partial charge in [-0.25, -0.2) is 0 Å². The Kier molecular flexibility index (Phi) is 4.73. The number of aliphatic carboxylic acids is 1. The predicted octanol–water partition coefficient (Wildman–Crippen LogP) is 1.57. The summed E-state index contributed by atoms with van der Waals surface area (Å²) < 4.78 is 0. The van der Waals surface area contributed by atoms with Crippen LogP contribution >= 0.6 is 0 Å². The molecule has 1 aliphatic rings. The summed E-state index contributed by atoms with van der Waals surface area (Å²) in [6.07, 6.45) is 1.37. The van der Waals surface area contributed by atoms with Gasteiger partial charge in [0.15, 0.2) is 0 Å². The van der Waals surface area contributed by atoms with E-state index in [1.807, 2.05) is 31.2 Å². The summed E-state index contributed by atoms with van der Waals surface area (Å²) in [5.41, 5.74) is 1.89. The van der Waals surface area contributed by atoms with Crippen molar-refractivity contribution in [2.75, 3.05) is 6.54 Å². The Morgan fingerprint density at radius 1 is 1.24 bits per heavy atom. The number of carbonyl (C=O) groups is 3. The Morgan fingerprint density at radius 2 is 1.90 bits per heavy atom. The Bertz CT molecular complexity index is 550. The van der Waals surface area contributed by atoms with Gasteiger partial charge >= 0.3 is 5.97 Å². The Hall–Kier alpha value is -2.17. The van der Waals surface area contributed by atoms with Gasteiger partial charge in [0.1, 0.15) is 0 Å². The molecule has 0 unspecified atom stereocenters. The standard InChI is InChI=1S/C16H19NO4/c1-11-4-6-12(7-5-11)9-14(18)16(21)17-8-2-3-13(17)10-15(19)20/h4-7,13H,2-3,8-10H2,1H3,(H,19,20)/t13-/m0/s1. The maximum atomic E-state index is 12.2. The number of carbonyl (C=O) groups excluding carboxylic acids is 2. The average Bonchev–Trinajstić information content (AvgIpc) is 2.87. The lowest BCUT2D eigenvalue weighted by molar-refractivity contribution is -0.146. The molecule has 21 heavy (non-hydrogen) atoms. The van der Waals surface area contributed by atoms with Crippen molar-refractivity contribution in [2.24, 2.45) is 0 Å². The summed E-state index contributed by atoms with van der Waals surface area (Å²) in [5.74, 6) is -1.97. The van der Waals surface area contributed by atoms with E-state index in [0.717, 1.165) is 17.5 Å². The number of hydrogen-bond acceptors (Lipinski definition) is 3. The number of ketones is 1. The summed E-state index contributed by atoms with van der Waals surface area (Å²) in [5, 5.41) is 8.85. The maximum absolute atomic E-state index is 12.2. The van der Waals surface area contributed by atoms with Crippen LogP contribution in [0.1, 0.15) is 30.4 Å². The van der Waals surface area contributed by atoms with E-state index in [0.29, 0.717) is 13.0 Å². The molecular weight excluding hydrogens is 270 g/mol. The first-order valence-electron chi connectivity index (χ1n) is 7.08. The first-order valence-corrected chi connectivity index (χ1v) is 7.08. The molecule has 1 aromatic carbocycles. The number of nitrogens with zero attached hydrogens (tertiary/aromatic N) is 1. The third kappa shape index (κ3) is 3.90. The van der Waals surface area contributed by atoms with Crippen LogP contribution in [0.2, 0.25) is 0 Å². The topological polar surface area (TPSA) is 74.7 Å². The second-order valence-electron chi connectivity index (χ2n) is 5.48. The van der Waals surface area contributed by atoms with Crippen LogP contribution in [-0.2, 0) is 20.8 Å². The lowest BCUT2D eigenvalue weighted by Crippen LogP contribution is -2.41. The molecule has 0 aliphatic carbocycles. The van der Waals surface area contributed by atoms with E-state index in [4.69, 9.17) is 5.11 Å². The molecule has 0 saturated carbocycles. The molecule has 0 radical (unpaired) electrons. The fraction of sp³-hybridized carbons (Fsp3) is 0.438. The number of benzene rings is 1. The third-order valence-electron chi connectivity index (χ3n) is 3.77. The number of likely N-dealkylation sites (tertiary alicyclic amines) is 1. The van der Waals surface area contributed by atoms with Gasteiger partial charge in [-0.2, -0.15) is 0 Å². The summed E-state index contributed by atoms with van der Waals surface area (Å²) in [6, 6.07) is 7.11. The molecule has 0 aromatic heterocycles. The maximum Gasteiger partial charge on any atom is 0.305 e. The normalized spacial score (nSPS) is 17.8. The number of Topliss-reactive ketones (excluding diaryl/α,β-unsaturated/α-hetero) is 1. The van der Waals surface area contributed by atoms with Crippen LogP contribution in [-0.4, -0.2) is 40.3 Å². The highest BCUT2D eigenvalue weighted by Gasteiger charge is 2.33. The van der Waals surface area contributed by atoms with E-state index < -0.39 is 17.7 Å². The highest BCUT2D eigenvalue weighted by atomic mass is 16.4. The molecule has 5 nitrogen and oxygen atoms in total. The summed E-state index contributed by atoms with van der Waals surface area (Å²) >= 11 is 0. The quantitative estimate of drug-likeness (QED) is 0.835. The number of carboxylic acids is 1. The van der Waals surface area contributed by atoms with Gasteiger partial charge in [0.05, 0.1) is 6.42 Å². The second-order valence-corrected chi connectivity index (χ2v) is 5.48. The minimum absolute atomic E-state index is 0.0649. The molecule has 1 fully saturated rings. The van der Waals surface area contributed by atoms with Gasteiger partial charge in [0.25, 0.3) is 5.91 Å². The predicted molar refractivity (Wildman–Crippen MR) is 76.9 cm³/mol. The van der Waals surface area contributed by atoms with Crippen molar-refractivity contribution in [1.82, 2.24) is 4.90 Å². The van der Waals surface area contributed by atoms with Crippen molar-refractivity contribution in [2.45, 2.75) is 38.6 Å². The number of rotatable bonds is 5. The molecule has 112 valence electrons. The molecule has 5 heteroatoms. The van der Waals surface area contributed by atoms with Crippen LogP contribution in [0.15, 0.2) is 24.3 Å². The zero-order valence-corrected chi connectivity index (χ0v) is 12.0. The van der Waals surface area contributed by atoms with Gasteiger partial charge in [-0.3, -0.25) is 14.4 Å². The number of amides is 1. The zero-order chi connectivity index (χ0) is 15.4. The molecule has 1 aliphatic heterocycles. The Morgan fingerprint density at radius 3 is 2.52 bits per heavy atom. The minimum Gasteiger partial charge on any atom is -0.481 e. The molecular formula is C16H19NO4. The van der Waals surface area contributed by atoms with E-state index >= 15 is 0 Å². The fourth-order valence-electron chi connectivity index (χ4n) is 2.64. The highest BCUT2D eigenvalue weighted by molar-refractivity contribution is 6.36. The van der Waals surface area contributed by atoms with Gasteiger partial charge in [-0.15, -0.1) is 0 Å². The lowest BCUT2D eigenvalue weighted by Gasteiger charge is -2.22. The van der Waals surface area contributed by atoms with Gasteiger partial charge in [-0.05, 0) is 25.3 Å². The van der Waals surface area contributed by atoms with E-state index in [-0.39, 0.29) is 18.9 Å². The lowest BCUT2D eigenvalue weighted by atomic mass is 10.1. The summed E-state index contributed by atoms with van der Waals surface area (Å²) in [4.78, 5) is 36.5. The average molecular weight is 289 g/mol. The molecule has 1 atom stereocenters. The van der Waals surface area contributed by atoms with Crippen LogP contribution < -0.4 is 0 Å². The first kappa shape index (κ1) is 15.2. The molecule has 1 aromatic rings. The number of hydrogen-bond donors (Lipinski definition) is 1. The van der Waals surface area contributed by atoms with Crippen LogP contribution in [0.5, 0.6) is 0 Å². The minimum atomic E-state index is -0.939. The van der Waals surface area contributed by atoms with Crippen molar-refractivity contribution < 1.29 is 19.5 Å².